The fourth-order valence-corrected chi connectivity index (χ4v) is 8.05. The number of hydrogen-bond acceptors (Lipinski definition) is 6. The van der Waals surface area contributed by atoms with E-state index < -0.39 is 0 Å². The monoisotopic (exact) mass is 636 g/mol. The average molecular weight is 637 g/mol. The van der Waals surface area contributed by atoms with Crippen molar-refractivity contribution < 1.29 is 0 Å². The third kappa shape index (κ3) is 4.36. The zero-order valence-electron chi connectivity index (χ0n) is 26.3. The van der Waals surface area contributed by atoms with Crippen molar-refractivity contribution in [1.29, 1.82) is 0 Å². The Hall–Kier alpha value is -6.05. The lowest BCUT2D eigenvalue weighted by molar-refractivity contribution is 1.07. The highest BCUT2D eigenvalue weighted by Crippen LogP contribution is 2.48. The van der Waals surface area contributed by atoms with Crippen molar-refractivity contribution in [3.63, 3.8) is 0 Å². The van der Waals surface area contributed by atoms with Crippen LogP contribution in [0.25, 0.3) is 71.4 Å². The molecule has 0 saturated carbocycles. The van der Waals surface area contributed by atoms with Crippen molar-refractivity contribution in [3.8, 4) is 50.4 Å². The van der Waals surface area contributed by atoms with Crippen LogP contribution in [0.3, 0.4) is 0 Å². The van der Waals surface area contributed by atoms with Crippen LogP contribution in [0.2, 0.25) is 0 Å². The number of benzene rings is 5. The van der Waals surface area contributed by atoms with E-state index in [0.29, 0.717) is 17.5 Å². The first-order valence-corrected chi connectivity index (χ1v) is 16.6. The third-order valence-electron chi connectivity index (χ3n) is 8.89. The molecule has 0 N–H and O–H groups in total. The number of hydrogen-bond donors (Lipinski definition) is 0. The van der Waals surface area contributed by atoms with Gasteiger partial charge < -0.3 is 4.57 Å². The summed E-state index contributed by atoms with van der Waals surface area (Å²) in [6.45, 7) is 0. The molecule has 0 radical (unpaired) electrons. The van der Waals surface area contributed by atoms with Crippen molar-refractivity contribution in [1.82, 2.24) is 19.5 Å². The molecule has 3 heterocycles. The zero-order valence-corrected chi connectivity index (χ0v) is 27.1. The second-order valence-corrected chi connectivity index (χ2v) is 12.7. The second kappa shape index (κ2) is 11.3. The maximum Gasteiger partial charge on any atom is 0.164 e. The van der Waals surface area contributed by atoms with Gasteiger partial charge in [-0.05, 0) is 24.3 Å². The maximum atomic E-state index is 5.02. The first-order chi connectivity index (χ1) is 23.7. The van der Waals surface area contributed by atoms with E-state index in [9.17, 15) is 0 Å². The molecule has 0 amide bonds. The first-order valence-electron chi connectivity index (χ1n) is 15.8. The molecule has 0 atom stereocenters. The summed E-state index contributed by atoms with van der Waals surface area (Å²) in [6, 6.07) is 45.8. The van der Waals surface area contributed by atoms with Crippen LogP contribution < -0.4 is 0 Å². The topological polar surface area (TPSA) is 68.3 Å². The molecule has 1 aliphatic rings. The van der Waals surface area contributed by atoms with Crippen LogP contribution in [0.1, 0.15) is 11.1 Å². The van der Waals surface area contributed by atoms with Crippen LogP contribution >= 0.6 is 11.3 Å². The lowest BCUT2D eigenvalue weighted by atomic mass is 9.88. The van der Waals surface area contributed by atoms with Gasteiger partial charge in [-0.15, -0.1) is 11.3 Å². The van der Waals surface area contributed by atoms with Crippen LogP contribution in [-0.2, 0) is 0 Å². The van der Waals surface area contributed by atoms with Crippen LogP contribution in [0, 0.1) is 0 Å². The summed E-state index contributed by atoms with van der Waals surface area (Å²) < 4.78 is 3.60. The van der Waals surface area contributed by atoms with Gasteiger partial charge in [0, 0.05) is 63.1 Å². The molecule has 5 aromatic carbocycles. The molecular weight excluding hydrogens is 609 g/mol. The molecule has 3 aromatic heterocycles. The Morgan fingerprint density at radius 2 is 1.06 bits per heavy atom. The van der Waals surface area contributed by atoms with Gasteiger partial charge in [-0.25, -0.2) is 15.0 Å². The molecule has 0 fully saturated rings. The molecule has 8 aromatic rings. The maximum absolute atomic E-state index is 5.02. The number of aliphatic imine (C=N–C) groups is 2. The van der Waals surface area contributed by atoms with Crippen molar-refractivity contribution >= 4 is 43.7 Å². The minimum absolute atomic E-state index is 0.619. The van der Waals surface area contributed by atoms with E-state index in [1.807, 2.05) is 86.1 Å². The number of fused-ring (bicyclic) bond motifs is 7. The van der Waals surface area contributed by atoms with Gasteiger partial charge in [0.15, 0.2) is 17.5 Å². The van der Waals surface area contributed by atoms with Crippen LogP contribution in [0.15, 0.2) is 143 Å². The largest absolute Gasteiger partial charge is 0.308 e. The van der Waals surface area contributed by atoms with Gasteiger partial charge >= 0.3 is 0 Å². The summed E-state index contributed by atoms with van der Waals surface area (Å²) in [5.74, 6) is 1.89. The highest BCUT2D eigenvalue weighted by atomic mass is 32.1. The molecule has 48 heavy (non-hydrogen) atoms. The van der Waals surface area contributed by atoms with Gasteiger partial charge in [0.2, 0.25) is 0 Å². The highest BCUT2D eigenvalue weighted by Gasteiger charge is 2.35. The summed E-state index contributed by atoms with van der Waals surface area (Å²) >= 11 is 1.81. The Morgan fingerprint density at radius 1 is 0.521 bits per heavy atom. The number of rotatable bonds is 4. The fourth-order valence-electron chi connectivity index (χ4n) is 6.80. The summed E-state index contributed by atoms with van der Waals surface area (Å²) in [4.78, 5) is 25.8. The Morgan fingerprint density at radius 3 is 1.73 bits per heavy atom. The minimum Gasteiger partial charge on any atom is -0.308 e. The van der Waals surface area contributed by atoms with E-state index in [0.717, 1.165) is 61.5 Å². The van der Waals surface area contributed by atoms with E-state index in [1.54, 1.807) is 0 Å². The van der Waals surface area contributed by atoms with Gasteiger partial charge in [-0.1, -0.05) is 109 Å². The molecular formula is C41H28N6S. The van der Waals surface area contributed by atoms with Crippen LogP contribution in [-0.4, -0.2) is 45.0 Å². The molecule has 6 nitrogen and oxygen atoms in total. The summed E-state index contributed by atoms with van der Waals surface area (Å²) in [6.07, 6.45) is 0. The predicted octanol–water partition coefficient (Wildman–Crippen LogP) is 9.55. The van der Waals surface area contributed by atoms with Gasteiger partial charge in [-0.2, -0.15) is 0 Å². The van der Waals surface area contributed by atoms with Gasteiger partial charge in [0.05, 0.1) is 27.5 Å². The lowest BCUT2D eigenvalue weighted by Gasteiger charge is -2.20. The van der Waals surface area contributed by atoms with E-state index in [2.05, 4.69) is 77.4 Å². The Bertz CT molecular complexity index is 2520. The standard InChI is InChI=1S/C41H28N6S/c1-42-35-33-29-20-9-11-22-31(29)47(37(33)38-34(36(35)43-2)30-21-10-12-23-32(30)48-38)28-19-13-18-27(24-28)41-45-39(25-14-5-3-6-15-25)44-40(46-41)26-16-7-4-8-17-26/h3-24H,1-2H3. The van der Waals surface area contributed by atoms with Crippen LogP contribution in [0.5, 0.6) is 0 Å². The Balaban J connectivity index is 1.31. The molecule has 0 unspecified atom stereocenters. The first kappa shape index (κ1) is 28.2. The number of para-hydroxylation sites is 1. The van der Waals surface area contributed by atoms with Gasteiger partial charge in [-0.3, -0.25) is 9.98 Å². The summed E-state index contributed by atoms with van der Waals surface area (Å²) in [7, 11) is 3.73. The van der Waals surface area contributed by atoms with Crippen molar-refractivity contribution in [3.05, 3.63) is 145 Å². The third-order valence-corrected chi connectivity index (χ3v) is 10.1. The van der Waals surface area contributed by atoms with Crippen LogP contribution in [0.4, 0.5) is 0 Å². The average Bonchev–Trinajstić information content (AvgIpc) is 3.71. The van der Waals surface area contributed by atoms with Crippen molar-refractivity contribution in [2.75, 3.05) is 14.1 Å². The molecule has 0 spiro atoms. The second-order valence-electron chi connectivity index (χ2n) is 11.6. The summed E-state index contributed by atoms with van der Waals surface area (Å²) in [5, 5.41) is 2.34. The van der Waals surface area contributed by atoms with Gasteiger partial charge in [0.25, 0.3) is 0 Å². The Kier molecular flexibility index (Phi) is 6.66. The highest BCUT2D eigenvalue weighted by molar-refractivity contribution is 7.23. The normalized spacial score (nSPS) is 14.1. The van der Waals surface area contributed by atoms with E-state index >= 15 is 0 Å². The van der Waals surface area contributed by atoms with E-state index in [-0.39, 0.29) is 0 Å². The van der Waals surface area contributed by atoms with Gasteiger partial charge in [0.1, 0.15) is 0 Å². The molecule has 0 aliphatic heterocycles. The molecule has 9 rings (SSSR count). The molecule has 1 aliphatic carbocycles. The molecule has 0 saturated heterocycles. The van der Waals surface area contributed by atoms with E-state index in [4.69, 9.17) is 24.9 Å². The quantitative estimate of drug-likeness (QED) is 0.193. The van der Waals surface area contributed by atoms with Crippen molar-refractivity contribution in [2.45, 2.75) is 0 Å². The van der Waals surface area contributed by atoms with E-state index in [1.165, 1.54) is 15.0 Å². The number of nitrogens with zero attached hydrogens (tertiary/aromatic N) is 6. The predicted molar refractivity (Wildman–Crippen MR) is 199 cm³/mol. The summed E-state index contributed by atoms with van der Waals surface area (Å²) in [5.41, 5.74) is 10.1. The van der Waals surface area contributed by atoms with Crippen molar-refractivity contribution in [2.24, 2.45) is 9.98 Å². The lowest BCUT2D eigenvalue weighted by Crippen LogP contribution is -2.22. The molecule has 228 valence electrons. The molecule has 0 bridgehead atoms. The number of thiophene rings is 1. The zero-order chi connectivity index (χ0) is 32.2. The minimum atomic E-state index is 0.619. The fraction of sp³-hybridized carbons (Fsp3) is 0.0488. The smallest absolute Gasteiger partial charge is 0.164 e. The molecule has 7 heteroatoms. The Labute approximate surface area is 281 Å². The SMILES string of the molecule is CN=C1C(=NC)c2c(n(-c3cccc(-c4nc(-c5ccccc5)nc(-c5ccccc5)n4)c3)c3ccccc23)-c2sc3ccccc3c21. The number of aromatic nitrogens is 4.